The van der Waals surface area contributed by atoms with Gasteiger partial charge in [0.2, 0.25) is 5.91 Å². The molecule has 1 saturated carbocycles. The van der Waals surface area contributed by atoms with Gasteiger partial charge in [-0.25, -0.2) is 0 Å². The maximum atomic E-state index is 11.8. The van der Waals surface area contributed by atoms with E-state index in [0.29, 0.717) is 5.92 Å². The van der Waals surface area contributed by atoms with Gasteiger partial charge in [-0.15, -0.1) is 0 Å². The van der Waals surface area contributed by atoms with Crippen LogP contribution >= 0.6 is 0 Å². The highest BCUT2D eigenvalue weighted by Crippen LogP contribution is 2.38. The quantitative estimate of drug-likeness (QED) is 0.850. The Bertz CT molecular complexity index is 439. The largest absolute Gasteiger partial charge is 0.349 e. The van der Waals surface area contributed by atoms with Crippen molar-refractivity contribution < 1.29 is 4.79 Å². The molecule has 1 aromatic carbocycles. The molecule has 0 unspecified atom stereocenters. The first-order chi connectivity index (χ1) is 7.99. The summed E-state index contributed by atoms with van der Waals surface area (Å²) >= 11 is 0. The van der Waals surface area contributed by atoms with Crippen LogP contribution in [0, 0.1) is 25.7 Å². The van der Waals surface area contributed by atoms with E-state index >= 15 is 0 Å². The monoisotopic (exact) mass is 231 g/mol. The molecule has 0 radical (unpaired) electrons. The molecule has 1 aromatic rings. The summed E-state index contributed by atoms with van der Waals surface area (Å²) < 4.78 is 0. The molecule has 1 amide bonds. The molecule has 1 fully saturated rings. The van der Waals surface area contributed by atoms with Crippen molar-refractivity contribution in [3.63, 3.8) is 0 Å². The molecule has 2 heteroatoms. The summed E-state index contributed by atoms with van der Waals surface area (Å²) in [6.45, 7) is 8.39. The van der Waals surface area contributed by atoms with Crippen LogP contribution in [0.3, 0.4) is 0 Å². The molecule has 0 aliphatic heterocycles. The smallest absolute Gasteiger partial charge is 0.223 e. The van der Waals surface area contributed by atoms with E-state index in [4.69, 9.17) is 0 Å². The first-order valence-electron chi connectivity index (χ1n) is 6.36. The van der Waals surface area contributed by atoms with Crippen molar-refractivity contribution in [2.45, 2.75) is 40.2 Å². The zero-order valence-corrected chi connectivity index (χ0v) is 11.1. The van der Waals surface area contributed by atoms with Gasteiger partial charge in [0, 0.05) is 5.92 Å². The van der Waals surface area contributed by atoms with Crippen LogP contribution < -0.4 is 5.32 Å². The lowest BCUT2D eigenvalue weighted by atomic mass is 10.0. The number of rotatable bonds is 3. The van der Waals surface area contributed by atoms with Crippen molar-refractivity contribution in [3.8, 4) is 0 Å². The summed E-state index contributed by atoms with van der Waals surface area (Å²) in [6.07, 6.45) is 1.05. The topological polar surface area (TPSA) is 29.1 Å². The number of hydrogen-bond acceptors (Lipinski definition) is 1. The van der Waals surface area contributed by atoms with Gasteiger partial charge in [0.1, 0.15) is 0 Å². The predicted molar refractivity (Wildman–Crippen MR) is 69.7 cm³/mol. The fraction of sp³-hybridized carbons (Fsp3) is 0.533. The van der Waals surface area contributed by atoms with E-state index in [1.807, 2.05) is 0 Å². The van der Waals surface area contributed by atoms with Crippen molar-refractivity contribution in [1.82, 2.24) is 5.32 Å². The number of carbonyl (C=O) groups excluding carboxylic acids is 1. The number of carbonyl (C=O) groups is 1. The highest BCUT2D eigenvalue weighted by molar-refractivity contribution is 5.81. The van der Waals surface area contributed by atoms with Crippen LogP contribution in [0.5, 0.6) is 0 Å². The molecule has 0 aromatic heterocycles. The Hall–Kier alpha value is -1.31. The lowest BCUT2D eigenvalue weighted by Crippen LogP contribution is -2.28. The Labute approximate surface area is 103 Å². The van der Waals surface area contributed by atoms with Gasteiger partial charge in [-0.2, -0.15) is 0 Å². The van der Waals surface area contributed by atoms with Gasteiger partial charge in [-0.3, -0.25) is 4.79 Å². The van der Waals surface area contributed by atoms with Crippen molar-refractivity contribution in [2.24, 2.45) is 11.8 Å². The van der Waals surface area contributed by atoms with E-state index < -0.39 is 0 Å². The average Bonchev–Trinajstić information content (AvgIpc) is 2.99. The Morgan fingerprint density at radius 2 is 2.00 bits per heavy atom. The molecule has 2 rings (SSSR count). The van der Waals surface area contributed by atoms with Crippen molar-refractivity contribution in [3.05, 3.63) is 34.9 Å². The molecule has 0 spiro atoms. The molecule has 0 bridgehead atoms. The van der Waals surface area contributed by atoms with E-state index in [2.05, 4.69) is 51.2 Å². The Kier molecular flexibility index (Phi) is 3.23. The Balaban J connectivity index is 2.01. The molecule has 17 heavy (non-hydrogen) atoms. The van der Waals surface area contributed by atoms with E-state index in [9.17, 15) is 4.79 Å². The molecule has 2 nitrogen and oxygen atoms in total. The minimum atomic E-state index is 0.106. The molecule has 1 aliphatic rings. The Morgan fingerprint density at radius 3 is 2.53 bits per heavy atom. The van der Waals surface area contributed by atoms with Crippen LogP contribution in [-0.2, 0) is 4.79 Å². The Morgan fingerprint density at radius 1 is 1.35 bits per heavy atom. The summed E-state index contributed by atoms with van der Waals surface area (Å²) in [5.41, 5.74) is 3.77. The highest BCUT2D eigenvalue weighted by Gasteiger charge is 2.39. The predicted octanol–water partition coefficient (Wildman–Crippen LogP) is 3.14. The third kappa shape index (κ3) is 2.68. The van der Waals surface area contributed by atoms with Crippen LogP contribution in [0.15, 0.2) is 18.2 Å². The molecule has 3 atom stereocenters. The SMILES string of the molecule is Cc1ccc([C@H](C)NC(=O)[C@H]2C[C@@H]2C)cc1C. The average molecular weight is 231 g/mol. The number of nitrogens with one attached hydrogen (secondary N) is 1. The molecule has 1 aliphatic carbocycles. The summed E-state index contributed by atoms with van der Waals surface area (Å²) in [4.78, 5) is 11.8. The van der Waals surface area contributed by atoms with Gasteiger partial charge in [0.25, 0.3) is 0 Å². The fourth-order valence-corrected chi connectivity index (χ4v) is 2.13. The molecule has 0 saturated heterocycles. The molecule has 1 N–H and O–H groups in total. The number of aryl methyl sites for hydroxylation is 2. The second kappa shape index (κ2) is 4.52. The number of benzene rings is 1. The van der Waals surface area contributed by atoms with Crippen molar-refractivity contribution >= 4 is 5.91 Å². The third-order valence-electron chi connectivity index (χ3n) is 3.84. The van der Waals surface area contributed by atoms with Crippen LogP contribution in [0.2, 0.25) is 0 Å². The highest BCUT2D eigenvalue weighted by atomic mass is 16.2. The minimum Gasteiger partial charge on any atom is -0.349 e. The van der Waals surface area contributed by atoms with Crippen LogP contribution in [0.25, 0.3) is 0 Å². The van der Waals surface area contributed by atoms with E-state index in [1.165, 1.54) is 16.7 Å². The molecular formula is C15H21NO. The standard InChI is InChI=1S/C15H21NO/c1-9-5-6-13(7-10(9)2)12(4)16-15(17)14-8-11(14)3/h5-7,11-12,14H,8H2,1-4H3,(H,16,17)/t11-,12-,14-/m0/s1. The summed E-state index contributed by atoms with van der Waals surface area (Å²) in [5, 5.41) is 3.10. The number of amides is 1. The van der Waals surface area contributed by atoms with Crippen molar-refractivity contribution in [1.29, 1.82) is 0 Å². The van der Waals surface area contributed by atoms with Crippen LogP contribution in [-0.4, -0.2) is 5.91 Å². The first kappa shape index (κ1) is 12.2. The van der Waals surface area contributed by atoms with E-state index in [1.54, 1.807) is 0 Å². The lowest BCUT2D eigenvalue weighted by molar-refractivity contribution is -0.123. The van der Waals surface area contributed by atoms with Crippen LogP contribution in [0.1, 0.15) is 43.0 Å². The molecular weight excluding hydrogens is 210 g/mol. The summed E-state index contributed by atoms with van der Waals surface area (Å²) in [5.74, 6) is 1.04. The van der Waals surface area contributed by atoms with Gasteiger partial charge in [0.05, 0.1) is 6.04 Å². The molecule has 92 valence electrons. The van der Waals surface area contributed by atoms with E-state index in [0.717, 1.165) is 6.42 Å². The van der Waals surface area contributed by atoms with Gasteiger partial charge in [0.15, 0.2) is 0 Å². The summed E-state index contributed by atoms with van der Waals surface area (Å²) in [6, 6.07) is 6.49. The molecule has 0 heterocycles. The van der Waals surface area contributed by atoms with E-state index in [-0.39, 0.29) is 17.9 Å². The first-order valence-corrected chi connectivity index (χ1v) is 6.36. The second-order valence-electron chi connectivity index (χ2n) is 5.39. The normalized spacial score (nSPS) is 24.2. The fourth-order valence-electron chi connectivity index (χ4n) is 2.13. The van der Waals surface area contributed by atoms with Gasteiger partial charge in [-0.05, 0) is 49.8 Å². The van der Waals surface area contributed by atoms with Crippen molar-refractivity contribution in [2.75, 3.05) is 0 Å². The van der Waals surface area contributed by atoms with Gasteiger partial charge >= 0.3 is 0 Å². The lowest BCUT2D eigenvalue weighted by Gasteiger charge is -2.15. The van der Waals surface area contributed by atoms with Gasteiger partial charge < -0.3 is 5.32 Å². The maximum absolute atomic E-state index is 11.8. The third-order valence-corrected chi connectivity index (χ3v) is 3.84. The minimum absolute atomic E-state index is 0.106. The zero-order chi connectivity index (χ0) is 12.6. The zero-order valence-electron chi connectivity index (χ0n) is 11.1. The number of hydrogen-bond donors (Lipinski definition) is 1. The second-order valence-corrected chi connectivity index (χ2v) is 5.39. The van der Waals surface area contributed by atoms with Crippen LogP contribution in [0.4, 0.5) is 0 Å². The van der Waals surface area contributed by atoms with Gasteiger partial charge in [-0.1, -0.05) is 25.1 Å². The maximum Gasteiger partial charge on any atom is 0.223 e. The summed E-state index contributed by atoms with van der Waals surface area (Å²) in [7, 11) is 0.